The Labute approximate surface area is 216 Å². The molecule has 0 fully saturated rings. The van der Waals surface area contributed by atoms with Crippen molar-refractivity contribution in [2.45, 2.75) is 135 Å². The van der Waals surface area contributed by atoms with E-state index in [0.29, 0.717) is 11.4 Å². The summed E-state index contributed by atoms with van der Waals surface area (Å²) < 4.78 is 0. The first-order valence-electron chi connectivity index (χ1n) is 12.2. The SMILES string of the molecule is CCCCCCCCCCCCC(Cl)CCC(CCSC(C)=N)NCCCC.[H-].[Na+]. The van der Waals surface area contributed by atoms with Gasteiger partial charge >= 0.3 is 29.6 Å². The van der Waals surface area contributed by atoms with E-state index < -0.39 is 0 Å². The number of halogens is 1. The molecule has 2 unspecified atom stereocenters. The zero-order valence-corrected chi connectivity index (χ0v) is 23.7. The maximum atomic E-state index is 7.57. The number of thioether (sulfide) groups is 1. The van der Waals surface area contributed by atoms with Gasteiger partial charge in [0.05, 0.1) is 5.04 Å². The van der Waals surface area contributed by atoms with E-state index in [1.54, 1.807) is 11.8 Å². The summed E-state index contributed by atoms with van der Waals surface area (Å²) in [5, 5.41) is 12.3. The molecule has 2 atom stereocenters. The van der Waals surface area contributed by atoms with Crippen molar-refractivity contribution in [3.8, 4) is 0 Å². The van der Waals surface area contributed by atoms with Crippen LogP contribution in [0, 0.1) is 5.41 Å². The summed E-state index contributed by atoms with van der Waals surface area (Å²) in [6.45, 7) is 7.52. The second-order valence-electron chi connectivity index (χ2n) is 8.34. The Morgan fingerprint density at radius 2 is 1.38 bits per heavy atom. The van der Waals surface area contributed by atoms with Gasteiger partial charge in [-0.1, -0.05) is 84.5 Å². The van der Waals surface area contributed by atoms with Gasteiger partial charge in [-0.05, 0) is 45.6 Å². The third kappa shape index (κ3) is 25.4. The minimum absolute atomic E-state index is 0. The monoisotopic (exact) mass is 456 g/mol. The van der Waals surface area contributed by atoms with Gasteiger partial charge in [-0.15, -0.1) is 23.4 Å². The minimum atomic E-state index is 0. The van der Waals surface area contributed by atoms with Gasteiger partial charge in [-0.2, -0.15) is 0 Å². The molecule has 0 amide bonds. The predicted octanol–water partition coefficient (Wildman–Crippen LogP) is 5.68. The standard InChI is InChI=1S/C24H49ClN2S.Na.H/c1-4-6-8-9-10-11-12-13-14-15-16-23(25)17-18-24(27-20-7-5-2)19-21-28-22(3)26;;/h23-24,26-27H,4-21H2,1-3H3;;/q;+1;-1. The van der Waals surface area contributed by atoms with Crippen LogP contribution in [-0.2, 0) is 0 Å². The topological polar surface area (TPSA) is 35.9 Å². The van der Waals surface area contributed by atoms with Crippen molar-refractivity contribution in [3.05, 3.63) is 0 Å². The molecule has 2 N–H and O–H groups in total. The molecule has 0 aliphatic heterocycles. The fourth-order valence-electron chi connectivity index (χ4n) is 3.57. The average Bonchev–Trinajstić information content (AvgIpc) is 2.67. The van der Waals surface area contributed by atoms with Crippen LogP contribution in [0.25, 0.3) is 0 Å². The van der Waals surface area contributed by atoms with Crippen molar-refractivity contribution in [2.24, 2.45) is 0 Å². The number of nitrogens with one attached hydrogen (secondary N) is 2. The molecule has 0 aromatic heterocycles. The zero-order chi connectivity index (χ0) is 20.9. The summed E-state index contributed by atoms with van der Waals surface area (Å²) in [5.74, 6) is 1.05. The molecule has 170 valence electrons. The van der Waals surface area contributed by atoms with Crippen molar-refractivity contribution in [1.82, 2.24) is 5.32 Å². The maximum Gasteiger partial charge on any atom is 1.00 e. The van der Waals surface area contributed by atoms with Crippen LogP contribution in [0.1, 0.15) is 125 Å². The summed E-state index contributed by atoms with van der Waals surface area (Å²) >= 11 is 8.29. The van der Waals surface area contributed by atoms with E-state index in [1.165, 1.54) is 89.9 Å². The molecule has 0 radical (unpaired) electrons. The molecule has 0 saturated carbocycles. The molecule has 0 bridgehead atoms. The van der Waals surface area contributed by atoms with Crippen LogP contribution < -0.4 is 34.9 Å². The van der Waals surface area contributed by atoms with E-state index >= 15 is 0 Å². The minimum Gasteiger partial charge on any atom is -1.00 e. The Morgan fingerprint density at radius 3 is 1.93 bits per heavy atom. The largest absolute Gasteiger partial charge is 1.00 e. The first-order chi connectivity index (χ1) is 13.6. The number of hydrogen-bond donors (Lipinski definition) is 2. The summed E-state index contributed by atoms with van der Waals surface area (Å²) in [6.07, 6.45) is 21.0. The van der Waals surface area contributed by atoms with E-state index in [9.17, 15) is 0 Å². The molecule has 0 heterocycles. The third-order valence-corrected chi connectivity index (χ3v) is 6.76. The summed E-state index contributed by atoms with van der Waals surface area (Å²) in [6, 6.07) is 0.562. The van der Waals surface area contributed by atoms with Crippen LogP contribution in [0.4, 0.5) is 0 Å². The van der Waals surface area contributed by atoms with Crippen LogP contribution in [0.2, 0.25) is 0 Å². The molecule has 5 heteroatoms. The van der Waals surface area contributed by atoms with Gasteiger partial charge < -0.3 is 6.74 Å². The van der Waals surface area contributed by atoms with Gasteiger partial charge in [0.15, 0.2) is 0 Å². The Hall–Kier alpha value is 1.27. The molecule has 0 aliphatic carbocycles. The first kappa shape index (κ1) is 32.4. The average molecular weight is 457 g/mol. The number of hydrogen-bond acceptors (Lipinski definition) is 3. The molecule has 0 aromatic carbocycles. The normalized spacial score (nSPS) is 13.1. The summed E-state index contributed by atoms with van der Waals surface area (Å²) in [4.78, 5) is 0. The van der Waals surface area contributed by atoms with Crippen LogP contribution in [0.5, 0.6) is 0 Å². The fraction of sp³-hybridized carbons (Fsp3) is 0.958. The van der Waals surface area contributed by atoms with E-state index in [0.717, 1.165) is 30.2 Å². The Bertz CT molecular complexity index is 351. The van der Waals surface area contributed by atoms with Crippen LogP contribution in [0.15, 0.2) is 0 Å². The number of rotatable bonds is 21. The summed E-state index contributed by atoms with van der Waals surface area (Å²) in [5.41, 5.74) is 0. The molecule has 0 aliphatic rings. The Balaban J connectivity index is -0.00000364. The molecule has 2 nitrogen and oxygen atoms in total. The summed E-state index contributed by atoms with van der Waals surface area (Å²) in [7, 11) is 0. The van der Waals surface area contributed by atoms with Crippen molar-refractivity contribution in [1.29, 1.82) is 5.41 Å². The third-order valence-electron chi connectivity index (χ3n) is 5.45. The molecule has 0 rings (SSSR count). The van der Waals surface area contributed by atoms with Crippen molar-refractivity contribution in [3.63, 3.8) is 0 Å². The molecule has 0 spiro atoms. The Kier molecular flexibility index (Phi) is 28.6. The molecular weight excluding hydrogens is 407 g/mol. The van der Waals surface area contributed by atoms with E-state index in [4.69, 9.17) is 17.0 Å². The van der Waals surface area contributed by atoms with Gasteiger partial charge in [0.2, 0.25) is 0 Å². The second-order valence-corrected chi connectivity index (χ2v) is 10.3. The van der Waals surface area contributed by atoms with Crippen molar-refractivity contribution >= 4 is 28.4 Å². The molecule has 29 heavy (non-hydrogen) atoms. The smallest absolute Gasteiger partial charge is 1.00 e. The molecule has 0 aromatic rings. The van der Waals surface area contributed by atoms with Gasteiger partial charge in [0.1, 0.15) is 0 Å². The van der Waals surface area contributed by atoms with E-state index in [-0.39, 0.29) is 31.0 Å². The van der Waals surface area contributed by atoms with Gasteiger partial charge in [-0.25, -0.2) is 0 Å². The quantitative estimate of drug-likeness (QED) is 0.0765. The molecular formula is C24H50ClN2NaS. The number of alkyl halides is 1. The van der Waals surface area contributed by atoms with Gasteiger partial charge in [0, 0.05) is 17.2 Å². The zero-order valence-electron chi connectivity index (χ0n) is 21.2. The first-order valence-corrected chi connectivity index (χ1v) is 13.6. The van der Waals surface area contributed by atoms with E-state index in [2.05, 4.69) is 19.2 Å². The fourth-order valence-corrected chi connectivity index (χ4v) is 4.55. The molecule has 0 saturated heterocycles. The Morgan fingerprint density at radius 1 is 0.828 bits per heavy atom. The van der Waals surface area contributed by atoms with Crippen molar-refractivity contribution in [2.75, 3.05) is 12.3 Å². The predicted molar refractivity (Wildman–Crippen MR) is 134 cm³/mol. The van der Waals surface area contributed by atoms with Gasteiger partial charge in [-0.3, -0.25) is 5.41 Å². The van der Waals surface area contributed by atoms with Gasteiger partial charge in [0.25, 0.3) is 0 Å². The van der Waals surface area contributed by atoms with Crippen LogP contribution in [0.3, 0.4) is 0 Å². The second kappa shape index (κ2) is 25.5. The van der Waals surface area contributed by atoms with Crippen molar-refractivity contribution < 1.29 is 31.0 Å². The van der Waals surface area contributed by atoms with Crippen LogP contribution in [-0.4, -0.2) is 28.8 Å². The van der Waals surface area contributed by atoms with E-state index in [1.807, 2.05) is 6.92 Å². The van der Waals surface area contributed by atoms with Crippen LogP contribution >= 0.6 is 23.4 Å². The number of unbranched alkanes of at least 4 members (excludes halogenated alkanes) is 10. The maximum absolute atomic E-state index is 7.57.